The number of hydrogen-bond acceptors (Lipinski definition) is 1. The van der Waals surface area contributed by atoms with Crippen LogP contribution >= 0.6 is 0 Å². The Labute approximate surface area is 97.5 Å². The topological polar surface area (TPSA) is 20.2 Å². The Hall–Kier alpha value is -0.820. The van der Waals surface area contributed by atoms with Gasteiger partial charge >= 0.3 is 0 Å². The molecule has 0 spiro atoms. The molecule has 2 saturated carbocycles. The lowest BCUT2D eigenvalue weighted by Gasteiger charge is -2.23. The third kappa shape index (κ3) is 2.01. The summed E-state index contributed by atoms with van der Waals surface area (Å²) < 4.78 is 0. The molecule has 1 N–H and O–H groups in total. The Bertz CT molecular complexity index is 364. The minimum Gasteiger partial charge on any atom is -0.390 e. The van der Waals surface area contributed by atoms with Crippen molar-refractivity contribution < 1.29 is 5.11 Å². The molecule has 0 bridgehead atoms. The SMILES string of the molecule is CC(O)(CC1CC1)C1CC1c1ccccc1. The van der Waals surface area contributed by atoms with Gasteiger partial charge in [-0.05, 0) is 43.1 Å². The van der Waals surface area contributed by atoms with Crippen molar-refractivity contribution >= 4 is 0 Å². The Balaban J connectivity index is 1.66. The minimum absolute atomic E-state index is 0.429. The van der Waals surface area contributed by atoms with Gasteiger partial charge in [0.25, 0.3) is 0 Å². The largest absolute Gasteiger partial charge is 0.390 e. The van der Waals surface area contributed by atoms with Gasteiger partial charge in [-0.25, -0.2) is 0 Å². The predicted molar refractivity (Wildman–Crippen MR) is 65.3 cm³/mol. The Morgan fingerprint density at radius 2 is 1.94 bits per heavy atom. The summed E-state index contributed by atoms with van der Waals surface area (Å²) in [6.07, 6.45) is 4.85. The van der Waals surface area contributed by atoms with Crippen molar-refractivity contribution in [2.24, 2.45) is 11.8 Å². The summed E-state index contributed by atoms with van der Waals surface area (Å²) in [5.41, 5.74) is 0.977. The zero-order valence-corrected chi connectivity index (χ0v) is 9.89. The molecular formula is C15H20O. The van der Waals surface area contributed by atoms with E-state index in [4.69, 9.17) is 0 Å². The maximum absolute atomic E-state index is 10.5. The van der Waals surface area contributed by atoms with Crippen LogP contribution in [0.15, 0.2) is 30.3 Å². The van der Waals surface area contributed by atoms with Crippen molar-refractivity contribution in [3.05, 3.63) is 35.9 Å². The number of aliphatic hydroxyl groups is 1. The average Bonchev–Trinajstić information content (AvgIpc) is 3.12. The standard InChI is InChI=1S/C15H20O/c1-15(16,10-11-7-8-11)14-9-13(14)12-5-3-2-4-6-12/h2-6,11,13-14,16H,7-10H2,1H3. The van der Waals surface area contributed by atoms with Crippen molar-refractivity contribution in [3.63, 3.8) is 0 Å². The highest BCUT2D eigenvalue weighted by Gasteiger charge is 2.51. The van der Waals surface area contributed by atoms with Crippen molar-refractivity contribution in [1.82, 2.24) is 0 Å². The molecule has 2 aliphatic carbocycles. The van der Waals surface area contributed by atoms with E-state index in [9.17, 15) is 5.11 Å². The molecule has 2 aliphatic rings. The molecule has 86 valence electrons. The van der Waals surface area contributed by atoms with Gasteiger partial charge in [0.15, 0.2) is 0 Å². The van der Waals surface area contributed by atoms with E-state index in [-0.39, 0.29) is 0 Å². The predicted octanol–water partition coefficient (Wildman–Crippen LogP) is 3.34. The third-order valence-corrected chi connectivity index (χ3v) is 4.22. The zero-order chi connectivity index (χ0) is 11.2. The van der Waals surface area contributed by atoms with Gasteiger partial charge in [-0.1, -0.05) is 43.2 Å². The van der Waals surface area contributed by atoms with Gasteiger partial charge < -0.3 is 5.11 Å². The van der Waals surface area contributed by atoms with Crippen molar-refractivity contribution in [2.75, 3.05) is 0 Å². The van der Waals surface area contributed by atoms with Crippen LogP contribution in [0.4, 0.5) is 0 Å². The van der Waals surface area contributed by atoms with E-state index in [0.29, 0.717) is 11.8 Å². The van der Waals surface area contributed by atoms with Crippen LogP contribution < -0.4 is 0 Å². The summed E-state index contributed by atoms with van der Waals surface area (Å²) in [6, 6.07) is 10.6. The second-order valence-electron chi connectivity index (χ2n) is 5.86. The summed E-state index contributed by atoms with van der Waals surface area (Å²) in [6.45, 7) is 2.04. The second-order valence-corrected chi connectivity index (χ2v) is 5.86. The van der Waals surface area contributed by atoms with Gasteiger partial charge in [-0.3, -0.25) is 0 Å². The highest BCUT2D eigenvalue weighted by molar-refractivity contribution is 5.27. The highest BCUT2D eigenvalue weighted by atomic mass is 16.3. The molecule has 0 heterocycles. The first-order chi connectivity index (χ1) is 7.67. The molecule has 0 amide bonds. The molecule has 3 rings (SSSR count). The van der Waals surface area contributed by atoms with E-state index in [0.717, 1.165) is 12.3 Å². The Morgan fingerprint density at radius 3 is 2.56 bits per heavy atom. The van der Waals surface area contributed by atoms with Crippen LogP contribution in [0.5, 0.6) is 0 Å². The molecule has 16 heavy (non-hydrogen) atoms. The highest BCUT2D eigenvalue weighted by Crippen LogP contribution is 2.56. The van der Waals surface area contributed by atoms with Crippen molar-refractivity contribution in [1.29, 1.82) is 0 Å². The summed E-state index contributed by atoms with van der Waals surface area (Å²) >= 11 is 0. The van der Waals surface area contributed by atoms with Gasteiger partial charge in [0.1, 0.15) is 0 Å². The van der Waals surface area contributed by atoms with Gasteiger partial charge in [-0.2, -0.15) is 0 Å². The lowest BCUT2D eigenvalue weighted by atomic mass is 9.91. The number of benzene rings is 1. The molecule has 2 fully saturated rings. The zero-order valence-electron chi connectivity index (χ0n) is 9.89. The van der Waals surface area contributed by atoms with Gasteiger partial charge in [-0.15, -0.1) is 0 Å². The van der Waals surface area contributed by atoms with E-state index < -0.39 is 5.60 Å². The molecule has 0 radical (unpaired) electrons. The van der Waals surface area contributed by atoms with E-state index in [2.05, 4.69) is 30.3 Å². The fourth-order valence-electron chi connectivity index (χ4n) is 3.01. The Kier molecular flexibility index (Phi) is 2.32. The number of rotatable bonds is 4. The van der Waals surface area contributed by atoms with Crippen molar-refractivity contribution in [3.8, 4) is 0 Å². The Morgan fingerprint density at radius 1 is 1.25 bits per heavy atom. The molecule has 1 heteroatoms. The van der Waals surface area contributed by atoms with E-state index >= 15 is 0 Å². The maximum Gasteiger partial charge on any atom is 0.0656 e. The van der Waals surface area contributed by atoms with Gasteiger partial charge in [0, 0.05) is 0 Å². The first-order valence-electron chi connectivity index (χ1n) is 6.44. The molecule has 0 aliphatic heterocycles. The smallest absolute Gasteiger partial charge is 0.0656 e. The number of hydrogen-bond donors (Lipinski definition) is 1. The monoisotopic (exact) mass is 216 g/mol. The fraction of sp³-hybridized carbons (Fsp3) is 0.600. The average molecular weight is 216 g/mol. The normalized spacial score (nSPS) is 32.1. The maximum atomic E-state index is 10.5. The lowest BCUT2D eigenvalue weighted by Crippen LogP contribution is -2.28. The quantitative estimate of drug-likeness (QED) is 0.818. The molecule has 3 unspecified atom stereocenters. The van der Waals surface area contributed by atoms with Crippen LogP contribution in [0.1, 0.15) is 44.1 Å². The second kappa shape index (κ2) is 3.59. The molecule has 1 aromatic carbocycles. The summed E-state index contributed by atoms with van der Waals surface area (Å²) in [5.74, 6) is 1.91. The van der Waals surface area contributed by atoms with E-state index in [1.807, 2.05) is 6.92 Å². The summed E-state index contributed by atoms with van der Waals surface area (Å²) in [7, 11) is 0. The van der Waals surface area contributed by atoms with Crippen LogP contribution in [-0.2, 0) is 0 Å². The van der Waals surface area contributed by atoms with Crippen LogP contribution in [0.3, 0.4) is 0 Å². The van der Waals surface area contributed by atoms with Crippen LogP contribution in [0.25, 0.3) is 0 Å². The molecular weight excluding hydrogens is 196 g/mol. The van der Waals surface area contributed by atoms with E-state index in [1.54, 1.807) is 0 Å². The first-order valence-corrected chi connectivity index (χ1v) is 6.44. The summed E-state index contributed by atoms with van der Waals surface area (Å²) in [5, 5.41) is 10.5. The first kappa shape index (κ1) is 10.3. The molecule has 0 saturated heterocycles. The lowest BCUT2D eigenvalue weighted by molar-refractivity contribution is 0.0206. The van der Waals surface area contributed by atoms with Crippen LogP contribution in [-0.4, -0.2) is 10.7 Å². The summed E-state index contributed by atoms with van der Waals surface area (Å²) in [4.78, 5) is 0. The molecule has 1 aromatic rings. The molecule has 3 atom stereocenters. The van der Waals surface area contributed by atoms with Crippen LogP contribution in [0, 0.1) is 11.8 Å². The van der Waals surface area contributed by atoms with E-state index in [1.165, 1.54) is 24.8 Å². The molecule has 0 aromatic heterocycles. The molecule has 1 nitrogen and oxygen atoms in total. The fourth-order valence-corrected chi connectivity index (χ4v) is 3.01. The third-order valence-electron chi connectivity index (χ3n) is 4.22. The van der Waals surface area contributed by atoms with Crippen LogP contribution in [0.2, 0.25) is 0 Å². The van der Waals surface area contributed by atoms with Gasteiger partial charge in [0.05, 0.1) is 5.60 Å². The minimum atomic E-state index is -0.429. The van der Waals surface area contributed by atoms with Gasteiger partial charge in [0.2, 0.25) is 0 Å². The van der Waals surface area contributed by atoms with Crippen molar-refractivity contribution in [2.45, 2.75) is 44.1 Å².